The first-order chi connectivity index (χ1) is 9.78. The Balaban J connectivity index is 2.09. The molecule has 0 saturated carbocycles. The molecule has 5 heteroatoms. The number of ether oxygens (including phenoxy) is 1. The maximum absolute atomic E-state index is 11.4. The largest absolute Gasteiger partial charge is 0.437 e. The lowest BCUT2D eigenvalue weighted by molar-refractivity contribution is 0.112. The van der Waals surface area contributed by atoms with Gasteiger partial charge in [-0.15, -0.1) is 0 Å². The van der Waals surface area contributed by atoms with Crippen LogP contribution in [0.1, 0.15) is 10.4 Å². The summed E-state index contributed by atoms with van der Waals surface area (Å²) in [7, 11) is 0. The molecule has 0 aliphatic carbocycles. The van der Waals surface area contributed by atoms with Gasteiger partial charge in [0.2, 0.25) is 5.88 Å². The summed E-state index contributed by atoms with van der Waals surface area (Å²) in [5.41, 5.74) is 6.03. The van der Waals surface area contributed by atoms with E-state index in [1.807, 2.05) is 30.3 Å². The lowest BCUT2D eigenvalue weighted by Crippen LogP contribution is -1.97. The zero-order chi connectivity index (χ0) is 13.9. The van der Waals surface area contributed by atoms with Crippen molar-refractivity contribution in [1.82, 2.24) is 9.97 Å². The molecule has 0 aliphatic rings. The van der Waals surface area contributed by atoms with Gasteiger partial charge in [-0.25, -0.2) is 0 Å². The monoisotopic (exact) mass is 265 g/mol. The van der Waals surface area contributed by atoms with Gasteiger partial charge in [-0.1, -0.05) is 30.3 Å². The summed E-state index contributed by atoms with van der Waals surface area (Å²) >= 11 is 0. The van der Waals surface area contributed by atoms with Crippen LogP contribution in [-0.4, -0.2) is 16.3 Å². The molecule has 0 amide bonds. The van der Waals surface area contributed by atoms with Crippen molar-refractivity contribution in [3.8, 4) is 11.6 Å². The first-order valence-electron chi connectivity index (χ1n) is 6.00. The second kappa shape index (κ2) is 4.97. The predicted octanol–water partition coefficient (Wildman–Crippen LogP) is 2.82. The van der Waals surface area contributed by atoms with E-state index in [-0.39, 0.29) is 11.7 Å². The molecule has 0 unspecified atom stereocenters. The number of nitrogens with zero attached hydrogens (tertiary/aromatic N) is 2. The Hall–Kier alpha value is -2.95. The maximum Gasteiger partial charge on any atom is 0.239 e. The SMILES string of the molecule is Nc1cncc(Oc2ccc3ccccc3c2C=O)n1. The van der Waals surface area contributed by atoms with Crippen LogP contribution in [0.2, 0.25) is 0 Å². The zero-order valence-corrected chi connectivity index (χ0v) is 10.5. The third-order valence-electron chi connectivity index (χ3n) is 2.89. The molecule has 1 heterocycles. The van der Waals surface area contributed by atoms with E-state index >= 15 is 0 Å². The van der Waals surface area contributed by atoms with Crippen LogP contribution in [0.5, 0.6) is 11.6 Å². The average molecular weight is 265 g/mol. The van der Waals surface area contributed by atoms with E-state index in [4.69, 9.17) is 10.5 Å². The van der Waals surface area contributed by atoms with E-state index in [9.17, 15) is 4.79 Å². The summed E-state index contributed by atoms with van der Waals surface area (Å²) in [5.74, 6) is 0.943. The Kier molecular flexibility index (Phi) is 3.01. The van der Waals surface area contributed by atoms with Crippen molar-refractivity contribution in [2.75, 3.05) is 5.73 Å². The maximum atomic E-state index is 11.4. The number of benzene rings is 2. The molecule has 0 atom stereocenters. The number of carbonyl (C=O) groups is 1. The molecule has 0 bridgehead atoms. The number of rotatable bonds is 3. The predicted molar refractivity (Wildman–Crippen MR) is 75.9 cm³/mol. The fraction of sp³-hybridized carbons (Fsp3) is 0. The number of carbonyl (C=O) groups excluding carboxylic acids is 1. The summed E-state index contributed by atoms with van der Waals surface area (Å²) in [6.07, 6.45) is 3.64. The van der Waals surface area contributed by atoms with E-state index in [0.29, 0.717) is 11.3 Å². The standard InChI is InChI=1S/C15H11N3O2/c16-14-7-17-8-15(18-14)20-13-6-5-10-3-1-2-4-11(10)12(13)9-19/h1-9H,(H2,16,18). The van der Waals surface area contributed by atoms with Gasteiger partial charge >= 0.3 is 0 Å². The van der Waals surface area contributed by atoms with Gasteiger partial charge in [0.05, 0.1) is 18.0 Å². The topological polar surface area (TPSA) is 78.1 Å². The Morgan fingerprint density at radius 1 is 1.10 bits per heavy atom. The Morgan fingerprint density at radius 2 is 1.95 bits per heavy atom. The Bertz CT molecular complexity index is 787. The van der Waals surface area contributed by atoms with Crippen molar-refractivity contribution in [2.24, 2.45) is 0 Å². The molecule has 3 aromatic rings. The van der Waals surface area contributed by atoms with E-state index < -0.39 is 0 Å². The number of aldehydes is 1. The molecule has 1 aromatic heterocycles. The first kappa shape index (κ1) is 12.1. The fourth-order valence-corrected chi connectivity index (χ4v) is 2.01. The summed E-state index contributed by atoms with van der Waals surface area (Å²) < 4.78 is 5.60. The molecular weight excluding hydrogens is 254 g/mol. The van der Waals surface area contributed by atoms with Crippen LogP contribution in [0, 0.1) is 0 Å². The quantitative estimate of drug-likeness (QED) is 0.737. The molecule has 3 rings (SSSR count). The number of nitrogens with two attached hydrogens (primary N) is 1. The number of anilines is 1. The van der Waals surface area contributed by atoms with Gasteiger partial charge in [-0.3, -0.25) is 9.78 Å². The normalized spacial score (nSPS) is 10.4. The summed E-state index contributed by atoms with van der Waals surface area (Å²) in [6.45, 7) is 0. The Morgan fingerprint density at radius 3 is 2.75 bits per heavy atom. The first-order valence-corrected chi connectivity index (χ1v) is 6.00. The molecule has 0 spiro atoms. The van der Waals surface area contributed by atoms with Crippen LogP contribution < -0.4 is 10.5 Å². The van der Waals surface area contributed by atoms with Gasteiger partial charge in [0.1, 0.15) is 11.6 Å². The average Bonchev–Trinajstić information content (AvgIpc) is 2.47. The third-order valence-corrected chi connectivity index (χ3v) is 2.89. The van der Waals surface area contributed by atoms with Crippen molar-refractivity contribution in [3.63, 3.8) is 0 Å². The van der Waals surface area contributed by atoms with Gasteiger partial charge in [-0.05, 0) is 16.8 Å². The van der Waals surface area contributed by atoms with E-state index in [1.54, 1.807) is 6.07 Å². The van der Waals surface area contributed by atoms with Crippen LogP contribution in [-0.2, 0) is 0 Å². The van der Waals surface area contributed by atoms with Crippen LogP contribution in [0.3, 0.4) is 0 Å². The number of nitrogen functional groups attached to an aromatic ring is 1. The highest BCUT2D eigenvalue weighted by Gasteiger charge is 2.09. The summed E-state index contributed by atoms with van der Waals surface area (Å²) in [5, 5.41) is 1.80. The molecule has 0 saturated heterocycles. The molecule has 98 valence electrons. The lowest BCUT2D eigenvalue weighted by atomic mass is 10.0. The van der Waals surface area contributed by atoms with E-state index in [1.165, 1.54) is 12.4 Å². The highest BCUT2D eigenvalue weighted by Crippen LogP contribution is 2.29. The minimum absolute atomic E-state index is 0.253. The van der Waals surface area contributed by atoms with Gasteiger partial charge < -0.3 is 10.5 Å². The van der Waals surface area contributed by atoms with Gasteiger partial charge in [0, 0.05) is 0 Å². The Labute approximate surface area is 115 Å². The van der Waals surface area contributed by atoms with Gasteiger partial charge in [0.15, 0.2) is 6.29 Å². The second-order valence-electron chi connectivity index (χ2n) is 4.20. The molecule has 2 aromatic carbocycles. The van der Waals surface area contributed by atoms with Crippen molar-refractivity contribution < 1.29 is 9.53 Å². The van der Waals surface area contributed by atoms with E-state index in [0.717, 1.165) is 17.1 Å². The third kappa shape index (κ3) is 2.16. The smallest absolute Gasteiger partial charge is 0.239 e. The van der Waals surface area contributed by atoms with Crippen LogP contribution in [0.4, 0.5) is 5.82 Å². The number of aromatic nitrogens is 2. The van der Waals surface area contributed by atoms with Crippen molar-refractivity contribution in [3.05, 3.63) is 54.4 Å². The van der Waals surface area contributed by atoms with Crippen LogP contribution in [0.25, 0.3) is 10.8 Å². The molecule has 2 N–H and O–H groups in total. The second-order valence-corrected chi connectivity index (χ2v) is 4.20. The van der Waals surface area contributed by atoms with Crippen molar-refractivity contribution in [2.45, 2.75) is 0 Å². The van der Waals surface area contributed by atoms with Crippen molar-refractivity contribution >= 4 is 22.9 Å². The fourth-order valence-electron chi connectivity index (χ4n) is 2.01. The highest BCUT2D eigenvalue weighted by molar-refractivity contribution is 6.00. The number of hydrogen-bond donors (Lipinski definition) is 1. The zero-order valence-electron chi connectivity index (χ0n) is 10.5. The van der Waals surface area contributed by atoms with Crippen LogP contribution >= 0.6 is 0 Å². The molecule has 20 heavy (non-hydrogen) atoms. The molecule has 0 aliphatic heterocycles. The van der Waals surface area contributed by atoms with E-state index in [2.05, 4.69) is 9.97 Å². The van der Waals surface area contributed by atoms with Gasteiger partial charge in [-0.2, -0.15) is 4.98 Å². The molecule has 0 fully saturated rings. The van der Waals surface area contributed by atoms with Gasteiger partial charge in [0.25, 0.3) is 0 Å². The lowest BCUT2D eigenvalue weighted by Gasteiger charge is -2.09. The minimum Gasteiger partial charge on any atom is -0.437 e. The number of fused-ring (bicyclic) bond motifs is 1. The molecular formula is C15H11N3O2. The molecule has 0 radical (unpaired) electrons. The summed E-state index contributed by atoms with van der Waals surface area (Å²) in [6, 6.07) is 11.2. The number of hydrogen-bond acceptors (Lipinski definition) is 5. The van der Waals surface area contributed by atoms with Crippen molar-refractivity contribution in [1.29, 1.82) is 0 Å². The summed E-state index contributed by atoms with van der Waals surface area (Å²) in [4.78, 5) is 19.3. The highest BCUT2D eigenvalue weighted by atomic mass is 16.5. The molecule has 5 nitrogen and oxygen atoms in total. The minimum atomic E-state index is 0.253. The van der Waals surface area contributed by atoms with Crippen LogP contribution in [0.15, 0.2) is 48.8 Å².